The van der Waals surface area contributed by atoms with Crippen LogP contribution in [-0.2, 0) is 0 Å². The van der Waals surface area contributed by atoms with Gasteiger partial charge in [0.05, 0.1) is 6.26 Å². The van der Waals surface area contributed by atoms with Crippen molar-refractivity contribution in [1.82, 2.24) is 16.0 Å². The number of carbonyl (C=O) groups is 1. The van der Waals surface area contributed by atoms with E-state index in [-0.39, 0.29) is 10.7 Å². The fourth-order valence-electron chi connectivity index (χ4n) is 2.51. The van der Waals surface area contributed by atoms with E-state index in [2.05, 4.69) is 45.2 Å². The Labute approximate surface area is 157 Å². The molecular formula is C19H24N4O2S. The van der Waals surface area contributed by atoms with Gasteiger partial charge in [0.25, 0.3) is 5.91 Å². The number of benzene rings is 1. The molecule has 1 heterocycles. The Bertz CT molecular complexity index is 727. The van der Waals surface area contributed by atoms with Crippen LogP contribution in [-0.4, -0.2) is 43.3 Å². The third-order valence-corrected chi connectivity index (χ3v) is 5.63. The molecule has 1 aliphatic rings. The number of hydrogen-bond acceptors (Lipinski definition) is 4. The minimum absolute atomic E-state index is 0.212. The first-order chi connectivity index (χ1) is 12.7. The van der Waals surface area contributed by atoms with Gasteiger partial charge in [-0.2, -0.15) is 0 Å². The van der Waals surface area contributed by atoms with Crippen LogP contribution in [0.1, 0.15) is 23.4 Å². The maximum Gasteiger partial charge on any atom is 0.287 e. The zero-order valence-electron chi connectivity index (χ0n) is 14.8. The molecule has 138 valence electrons. The Balaban J connectivity index is 1.36. The summed E-state index contributed by atoms with van der Waals surface area (Å²) in [6, 6.07) is 13.8. The van der Waals surface area contributed by atoms with Gasteiger partial charge in [-0.05, 0) is 37.1 Å². The van der Waals surface area contributed by atoms with Crippen molar-refractivity contribution >= 4 is 23.6 Å². The number of thioether (sulfide) groups is 1. The van der Waals surface area contributed by atoms with E-state index in [0.29, 0.717) is 18.8 Å². The van der Waals surface area contributed by atoms with Crippen molar-refractivity contribution in [2.45, 2.75) is 22.5 Å². The highest BCUT2D eigenvalue weighted by Crippen LogP contribution is 2.51. The Hall–Kier alpha value is -2.41. The molecule has 0 spiro atoms. The minimum Gasteiger partial charge on any atom is -0.459 e. The summed E-state index contributed by atoms with van der Waals surface area (Å²) in [5.41, 5.74) is 0. The van der Waals surface area contributed by atoms with Gasteiger partial charge in [-0.15, -0.1) is 11.8 Å². The number of guanidine groups is 1. The van der Waals surface area contributed by atoms with Gasteiger partial charge in [0, 0.05) is 36.3 Å². The number of nitrogens with zero attached hydrogens (tertiary/aromatic N) is 1. The number of rotatable bonds is 8. The molecule has 1 amide bonds. The first-order valence-electron chi connectivity index (χ1n) is 8.71. The molecule has 3 rings (SSSR count). The van der Waals surface area contributed by atoms with Gasteiger partial charge in [-0.25, -0.2) is 0 Å². The molecule has 0 aliphatic heterocycles. The van der Waals surface area contributed by atoms with Crippen molar-refractivity contribution in [2.75, 3.05) is 26.7 Å². The fraction of sp³-hybridized carbons (Fsp3) is 0.368. The smallest absolute Gasteiger partial charge is 0.287 e. The van der Waals surface area contributed by atoms with Crippen LogP contribution >= 0.6 is 11.8 Å². The van der Waals surface area contributed by atoms with Crippen molar-refractivity contribution < 1.29 is 9.21 Å². The van der Waals surface area contributed by atoms with E-state index >= 15 is 0 Å². The van der Waals surface area contributed by atoms with Crippen molar-refractivity contribution in [3.8, 4) is 0 Å². The average Bonchev–Trinajstić information content (AvgIpc) is 3.20. The lowest BCUT2D eigenvalue weighted by Crippen LogP contribution is -2.43. The van der Waals surface area contributed by atoms with Crippen molar-refractivity contribution in [3.63, 3.8) is 0 Å². The Morgan fingerprint density at radius 2 is 1.88 bits per heavy atom. The highest BCUT2D eigenvalue weighted by atomic mass is 32.2. The Morgan fingerprint density at radius 3 is 2.54 bits per heavy atom. The second-order valence-corrected chi connectivity index (χ2v) is 7.73. The molecule has 1 aliphatic carbocycles. The number of carbonyl (C=O) groups excluding carboxylic acids is 1. The minimum atomic E-state index is -0.212. The lowest BCUT2D eigenvalue weighted by Gasteiger charge is -2.18. The van der Waals surface area contributed by atoms with Crippen molar-refractivity contribution in [3.05, 3.63) is 54.5 Å². The highest BCUT2D eigenvalue weighted by molar-refractivity contribution is 8.01. The molecular weight excluding hydrogens is 348 g/mol. The maximum absolute atomic E-state index is 11.8. The number of nitrogens with one attached hydrogen (secondary N) is 3. The van der Waals surface area contributed by atoms with Gasteiger partial charge < -0.3 is 20.4 Å². The van der Waals surface area contributed by atoms with Gasteiger partial charge in [0.2, 0.25) is 0 Å². The third kappa shape index (κ3) is 5.29. The number of aliphatic imine (C=N–C) groups is 1. The standard InChI is InChI=1S/C19H24N4O2S/c1-20-18(22-12-11-21-17(24)16-8-5-13-25-16)23-14-19(9-10-19)26-15-6-3-2-4-7-15/h2-8,13H,9-12,14H2,1H3,(H,21,24)(H2,20,22,23). The third-order valence-electron chi connectivity index (χ3n) is 4.13. The van der Waals surface area contributed by atoms with Crippen molar-refractivity contribution in [1.29, 1.82) is 0 Å². The summed E-state index contributed by atoms with van der Waals surface area (Å²) in [5.74, 6) is 0.856. The summed E-state index contributed by atoms with van der Waals surface area (Å²) in [5, 5.41) is 9.41. The van der Waals surface area contributed by atoms with Gasteiger partial charge >= 0.3 is 0 Å². The molecule has 1 aromatic heterocycles. The second-order valence-electron chi connectivity index (χ2n) is 6.18. The van der Waals surface area contributed by atoms with E-state index < -0.39 is 0 Å². The second kappa shape index (κ2) is 8.80. The predicted molar refractivity (Wildman–Crippen MR) is 105 cm³/mol. The van der Waals surface area contributed by atoms with E-state index in [4.69, 9.17) is 4.42 Å². The molecule has 0 atom stereocenters. The molecule has 0 bridgehead atoms. The maximum atomic E-state index is 11.8. The summed E-state index contributed by atoms with van der Waals surface area (Å²) in [6.07, 6.45) is 3.89. The van der Waals surface area contributed by atoms with Gasteiger partial charge in [0.1, 0.15) is 0 Å². The lowest BCUT2D eigenvalue weighted by atomic mass is 10.4. The zero-order chi connectivity index (χ0) is 18.2. The van der Waals surface area contributed by atoms with Crippen LogP contribution in [0.25, 0.3) is 0 Å². The fourth-order valence-corrected chi connectivity index (χ4v) is 3.75. The summed E-state index contributed by atoms with van der Waals surface area (Å²) in [4.78, 5) is 17.3. The van der Waals surface area contributed by atoms with Gasteiger partial charge in [-0.1, -0.05) is 18.2 Å². The van der Waals surface area contributed by atoms with Crippen LogP contribution in [0.2, 0.25) is 0 Å². The van der Waals surface area contributed by atoms with Gasteiger partial charge in [-0.3, -0.25) is 9.79 Å². The molecule has 2 aromatic rings. The van der Waals surface area contributed by atoms with Crippen LogP contribution in [0.15, 0.2) is 63.0 Å². The molecule has 6 nitrogen and oxygen atoms in total. The first-order valence-corrected chi connectivity index (χ1v) is 9.53. The van der Waals surface area contributed by atoms with E-state index in [0.717, 1.165) is 12.5 Å². The van der Waals surface area contributed by atoms with Crippen LogP contribution < -0.4 is 16.0 Å². The largest absolute Gasteiger partial charge is 0.459 e. The van der Waals surface area contributed by atoms with Crippen LogP contribution in [0.4, 0.5) is 0 Å². The molecule has 0 radical (unpaired) electrons. The average molecular weight is 372 g/mol. The quantitative estimate of drug-likeness (QED) is 0.377. The van der Waals surface area contributed by atoms with E-state index in [9.17, 15) is 4.79 Å². The Morgan fingerprint density at radius 1 is 1.12 bits per heavy atom. The van der Waals surface area contributed by atoms with E-state index in [1.165, 1.54) is 24.0 Å². The van der Waals surface area contributed by atoms with Crippen LogP contribution in [0.3, 0.4) is 0 Å². The van der Waals surface area contributed by atoms with Crippen LogP contribution in [0, 0.1) is 0 Å². The molecule has 7 heteroatoms. The Kier molecular flexibility index (Phi) is 6.22. The number of furan rings is 1. The molecule has 1 fully saturated rings. The lowest BCUT2D eigenvalue weighted by molar-refractivity contribution is 0.0926. The summed E-state index contributed by atoms with van der Waals surface area (Å²) >= 11 is 1.93. The molecule has 26 heavy (non-hydrogen) atoms. The van der Waals surface area contributed by atoms with Crippen molar-refractivity contribution in [2.24, 2.45) is 4.99 Å². The summed E-state index contributed by atoms with van der Waals surface area (Å²) < 4.78 is 5.31. The normalized spacial score (nSPS) is 15.3. The molecule has 0 saturated heterocycles. The summed E-state index contributed by atoms with van der Waals surface area (Å²) in [7, 11) is 1.75. The molecule has 1 aromatic carbocycles. The molecule has 0 unspecified atom stereocenters. The van der Waals surface area contributed by atoms with Crippen LogP contribution in [0.5, 0.6) is 0 Å². The molecule has 1 saturated carbocycles. The number of amides is 1. The number of hydrogen-bond donors (Lipinski definition) is 3. The molecule has 3 N–H and O–H groups in total. The highest BCUT2D eigenvalue weighted by Gasteiger charge is 2.43. The monoisotopic (exact) mass is 372 g/mol. The van der Waals surface area contributed by atoms with Gasteiger partial charge in [0.15, 0.2) is 11.7 Å². The SMILES string of the molecule is CN=C(NCCNC(=O)c1ccco1)NCC1(Sc2ccccc2)CC1. The van der Waals surface area contributed by atoms with E-state index in [1.54, 1.807) is 19.2 Å². The predicted octanol–water partition coefficient (Wildman–Crippen LogP) is 2.50. The first kappa shape index (κ1) is 18.4. The van der Waals surface area contributed by atoms with E-state index in [1.807, 2.05) is 17.8 Å². The topological polar surface area (TPSA) is 78.7 Å². The zero-order valence-corrected chi connectivity index (χ0v) is 15.6. The summed E-state index contributed by atoms with van der Waals surface area (Å²) in [6.45, 7) is 1.94.